The fourth-order valence-electron chi connectivity index (χ4n) is 4.34. The second-order valence-corrected chi connectivity index (χ2v) is 7.50. The van der Waals surface area contributed by atoms with E-state index in [1.807, 2.05) is 30.3 Å². The number of amides is 1. The van der Waals surface area contributed by atoms with E-state index in [4.69, 9.17) is 15.8 Å². The lowest BCUT2D eigenvalue weighted by molar-refractivity contribution is -0.135. The number of rotatable bonds is 3. The Balaban J connectivity index is 0.00000225. The molecule has 0 radical (unpaired) electrons. The summed E-state index contributed by atoms with van der Waals surface area (Å²) in [6.45, 7) is 0.795. The van der Waals surface area contributed by atoms with Crippen LogP contribution in [0.1, 0.15) is 30.5 Å². The average Bonchev–Trinajstić information content (AvgIpc) is 3.06. The van der Waals surface area contributed by atoms with Crippen LogP contribution in [-0.4, -0.2) is 51.6 Å². The van der Waals surface area contributed by atoms with Gasteiger partial charge >= 0.3 is 0 Å². The lowest BCUT2D eigenvalue weighted by atomic mass is 9.76. The molecule has 2 heterocycles. The quantitative estimate of drug-likeness (QED) is 0.706. The van der Waals surface area contributed by atoms with Crippen LogP contribution in [0.5, 0.6) is 0 Å². The SMILES string of the molecule is Cl.N[C@@H](CO)C(=O)N1CCC2(CCc3c2nc(-c2ccccc2)[nH]c3=O)CC1. The molecule has 2 aromatic rings. The molecule has 1 spiro atoms. The molecule has 150 valence electrons. The summed E-state index contributed by atoms with van der Waals surface area (Å²) in [6.07, 6.45) is 3.12. The number of benzene rings is 1. The molecule has 1 aliphatic carbocycles. The maximum Gasteiger partial charge on any atom is 0.254 e. The molecule has 1 aromatic carbocycles. The molecule has 8 heteroatoms. The molecule has 0 unspecified atom stereocenters. The van der Waals surface area contributed by atoms with Crippen molar-refractivity contribution in [1.29, 1.82) is 0 Å². The number of halogens is 1. The zero-order valence-electron chi connectivity index (χ0n) is 15.6. The highest BCUT2D eigenvalue weighted by Crippen LogP contribution is 2.44. The molecular weight excluding hydrogens is 380 g/mol. The molecule has 4 N–H and O–H groups in total. The van der Waals surface area contributed by atoms with E-state index in [1.165, 1.54) is 0 Å². The van der Waals surface area contributed by atoms with Crippen LogP contribution in [0, 0.1) is 0 Å². The summed E-state index contributed by atoms with van der Waals surface area (Å²) in [5.41, 5.74) is 8.02. The van der Waals surface area contributed by atoms with Crippen molar-refractivity contribution >= 4 is 18.3 Å². The number of hydrogen-bond acceptors (Lipinski definition) is 5. The largest absolute Gasteiger partial charge is 0.394 e. The topological polar surface area (TPSA) is 112 Å². The van der Waals surface area contributed by atoms with Gasteiger partial charge in [0.15, 0.2) is 0 Å². The number of aromatic amines is 1. The van der Waals surface area contributed by atoms with Crippen LogP contribution in [0.3, 0.4) is 0 Å². The fraction of sp³-hybridized carbons (Fsp3) is 0.450. The maximum absolute atomic E-state index is 12.6. The summed E-state index contributed by atoms with van der Waals surface area (Å²) in [5, 5.41) is 9.12. The molecule has 2 aliphatic rings. The Morgan fingerprint density at radius 3 is 2.57 bits per heavy atom. The van der Waals surface area contributed by atoms with Gasteiger partial charge in [0.05, 0.1) is 12.3 Å². The minimum absolute atomic E-state index is 0. The van der Waals surface area contributed by atoms with Gasteiger partial charge < -0.3 is 20.7 Å². The number of fused-ring (bicyclic) bond motifs is 2. The third-order valence-corrected chi connectivity index (χ3v) is 5.96. The van der Waals surface area contributed by atoms with Crippen LogP contribution in [-0.2, 0) is 16.6 Å². The number of nitrogens with zero attached hydrogens (tertiary/aromatic N) is 2. The van der Waals surface area contributed by atoms with E-state index >= 15 is 0 Å². The molecule has 1 aliphatic heterocycles. The molecule has 4 rings (SSSR count). The minimum atomic E-state index is -0.861. The average molecular weight is 405 g/mol. The summed E-state index contributed by atoms with van der Waals surface area (Å²) in [4.78, 5) is 34.4. The van der Waals surface area contributed by atoms with Crippen molar-refractivity contribution in [2.75, 3.05) is 19.7 Å². The fourth-order valence-corrected chi connectivity index (χ4v) is 4.34. The van der Waals surface area contributed by atoms with Gasteiger partial charge in [0.25, 0.3) is 5.56 Å². The second kappa shape index (κ2) is 8.03. The third kappa shape index (κ3) is 3.45. The van der Waals surface area contributed by atoms with E-state index in [2.05, 4.69) is 4.98 Å². The summed E-state index contributed by atoms with van der Waals surface area (Å²) < 4.78 is 0. The van der Waals surface area contributed by atoms with Crippen molar-refractivity contribution in [2.24, 2.45) is 5.73 Å². The van der Waals surface area contributed by atoms with Crippen LogP contribution < -0.4 is 11.3 Å². The molecule has 7 nitrogen and oxygen atoms in total. The molecule has 1 amide bonds. The van der Waals surface area contributed by atoms with Gasteiger partial charge in [0.2, 0.25) is 5.91 Å². The van der Waals surface area contributed by atoms with Crippen LogP contribution >= 0.6 is 12.4 Å². The molecule has 1 fully saturated rings. The van der Waals surface area contributed by atoms with Gasteiger partial charge in [-0.05, 0) is 25.7 Å². The number of nitrogens with one attached hydrogen (secondary N) is 1. The van der Waals surface area contributed by atoms with Gasteiger partial charge in [-0.1, -0.05) is 30.3 Å². The molecule has 1 aromatic heterocycles. The molecule has 0 saturated carbocycles. The van der Waals surface area contributed by atoms with Crippen LogP contribution in [0.25, 0.3) is 11.4 Å². The summed E-state index contributed by atoms with van der Waals surface area (Å²) in [7, 11) is 0. The van der Waals surface area contributed by atoms with Gasteiger partial charge in [-0.2, -0.15) is 0 Å². The Hall–Kier alpha value is -2.22. The van der Waals surface area contributed by atoms with Crippen LogP contribution in [0.4, 0.5) is 0 Å². The van der Waals surface area contributed by atoms with E-state index < -0.39 is 6.04 Å². The molecule has 1 saturated heterocycles. The Labute approximate surface area is 169 Å². The number of carbonyl (C=O) groups is 1. The van der Waals surface area contributed by atoms with Gasteiger partial charge in [-0.15, -0.1) is 12.4 Å². The van der Waals surface area contributed by atoms with Crippen molar-refractivity contribution in [3.8, 4) is 11.4 Å². The number of aliphatic hydroxyl groups excluding tert-OH is 1. The smallest absolute Gasteiger partial charge is 0.254 e. The zero-order chi connectivity index (χ0) is 19.0. The summed E-state index contributed by atoms with van der Waals surface area (Å²) >= 11 is 0. The highest BCUT2D eigenvalue weighted by Gasteiger charge is 2.45. The lowest BCUT2D eigenvalue weighted by Crippen LogP contribution is -2.51. The Bertz CT molecular complexity index is 907. The van der Waals surface area contributed by atoms with Crippen LogP contribution in [0.2, 0.25) is 0 Å². The van der Waals surface area contributed by atoms with E-state index in [-0.39, 0.29) is 35.9 Å². The van der Waals surface area contributed by atoms with Crippen molar-refractivity contribution < 1.29 is 9.90 Å². The van der Waals surface area contributed by atoms with Gasteiger partial charge in [0.1, 0.15) is 11.9 Å². The minimum Gasteiger partial charge on any atom is -0.394 e. The van der Waals surface area contributed by atoms with Crippen molar-refractivity contribution in [3.63, 3.8) is 0 Å². The summed E-state index contributed by atoms with van der Waals surface area (Å²) in [5.74, 6) is 0.385. The molecule has 1 atom stereocenters. The standard InChI is InChI=1S/C20H24N4O3.ClH/c21-15(12-25)19(27)24-10-8-20(9-11-24)7-6-14-16(20)22-17(23-18(14)26)13-4-2-1-3-5-13;/h1-5,15,25H,6-12,21H2,(H,22,23,26);1H/t15-;/m0./s1. The molecule has 0 bridgehead atoms. The Morgan fingerprint density at radius 1 is 1.25 bits per heavy atom. The first-order chi connectivity index (χ1) is 13.0. The van der Waals surface area contributed by atoms with Crippen molar-refractivity contribution in [1.82, 2.24) is 14.9 Å². The second-order valence-electron chi connectivity index (χ2n) is 7.50. The van der Waals surface area contributed by atoms with Gasteiger partial charge in [0, 0.05) is 29.6 Å². The van der Waals surface area contributed by atoms with Gasteiger partial charge in [-0.3, -0.25) is 9.59 Å². The highest BCUT2D eigenvalue weighted by molar-refractivity contribution is 5.85. The normalized spacial score (nSPS) is 18.4. The van der Waals surface area contributed by atoms with E-state index in [1.54, 1.807) is 4.90 Å². The predicted molar refractivity (Wildman–Crippen MR) is 108 cm³/mol. The molecular formula is C20H25ClN4O3. The number of carbonyl (C=O) groups excluding carboxylic acids is 1. The number of piperidine rings is 1. The van der Waals surface area contributed by atoms with Gasteiger partial charge in [-0.25, -0.2) is 4.98 Å². The van der Waals surface area contributed by atoms with E-state index in [9.17, 15) is 9.59 Å². The lowest BCUT2D eigenvalue weighted by Gasteiger charge is -2.40. The number of nitrogens with two attached hydrogens (primary N) is 1. The summed E-state index contributed by atoms with van der Waals surface area (Å²) in [6, 6.07) is 8.79. The number of H-pyrrole nitrogens is 1. The number of aliphatic hydroxyl groups is 1. The van der Waals surface area contributed by atoms with Crippen molar-refractivity contribution in [2.45, 2.75) is 37.1 Å². The number of hydrogen-bond donors (Lipinski definition) is 3. The monoisotopic (exact) mass is 404 g/mol. The Kier molecular flexibility index (Phi) is 5.88. The number of likely N-dealkylation sites (tertiary alicyclic amines) is 1. The van der Waals surface area contributed by atoms with Crippen molar-refractivity contribution in [3.05, 3.63) is 51.9 Å². The first kappa shape index (κ1) is 20.5. The molecule has 28 heavy (non-hydrogen) atoms. The number of aromatic nitrogens is 2. The Morgan fingerprint density at radius 2 is 1.93 bits per heavy atom. The first-order valence-corrected chi connectivity index (χ1v) is 9.38. The zero-order valence-corrected chi connectivity index (χ0v) is 16.4. The predicted octanol–water partition coefficient (Wildman–Crippen LogP) is 0.985. The highest BCUT2D eigenvalue weighted by atomic mass is 35.5. The van der Waals surface area contributed by atoms with E-state index in [0.29, 0.717) is 18.9 Å². The first-order valence-electron chi connectivity index (χ1n) is 9.38. The maximum atomic E-state index is 12.6. The van der Waals surface area contributed by atoms with Crippen LogP contribution in [0.15, 0.2) is 35.1 Å². The third-order valence-electron chi connectivity index (χ3n) is 5.96. The van der Waals surface area contributed by atoms with E-state index in [0.717, 1.165) is 42.5 Å².